The first-order chi connectivity index (χ1) is 16.6. The van der Waals surface area contributed by atoms with E-state index in [2.05, 4.69) is 72.9 Å². The zero-order valence-electron chi connectivity index (χ0n) is 24.6. The van der Waals surface area contributed by atoms with Crippen molar-refractivity contribution in [1.29, 1.82) is 0 Å². The quantitative estimate of drug-likeness (QED) is 0.354. The average molecular weight is 477 g/mol. The average Bonchev–Trinajstić information content (AvgIpc) is 3.62. The second kappa shape index (κ2) is 11.0. The topological polar surface area (TPSA) is 0 Å². The van der Waals surface area contributed by atoms with E-state index >= 15 is 0 Å². The first-order valence-electron chi connectivity index (χ1n) is 15.0. The van der Waals surface area contributed by atoms with Crippen LogP contribution in [-0.4, -0.2) is 0 Å². The molecule has 4 saturated carbocycles. The summed E-state index contributed by atoms with van der Waals surface area (Å²) in [6.07, 6.45) is 23.1. The summed E-state index contributed by atoms with van der Waals surface area (Å²) >= 11 is 0. The fraction of sp³-hybridized carbons (Fsp3) is 0.714. The fourth-order valence-corrected chi connectivity index (χ4v) is 8.54. The van der Waals surface area contributed by atoms with Gasteiger partial charge in [-0.25, -0.2) is 0 Å². The molecular formula is C35H56. The summed E-state index contributed by atoms with van der Waals surface area (Å²) in [5.41, 5.74) is 7.92. The third kappa shape index (κ3) is 5.24. The summed E-state index contributed by atoms with van der Waals surface area (Å²) in [4.78, 5) is 0. The lowest BCUT2D eigenvalue weighted by molar-refractivity contribution is -0.0382. The molecule has 1 spiro atoms. The maximum absolute atomic E-state index is 4.21. The largest absolute Gasteiger partial charge is 0.0990 e. The van der Waals surface area contributed by atoms with Crippen LogP contribution < -0.4 is 0 Å². The number of hydrogen-bond acceptors (Lipinski definition) is 0. The molecule has 0 bridgehead atoms. The summed E-state index contributed by atoms with van der Waals surface area (Å²) in [6, 6.07) is 0. The smallest absolute Gasteiger partial charge is 0.00259 e. The normalized spacial score (nSPS) is 36.2. The number of rotatable bonds is 4. The van der Waals surface area contributed by atoms with Crippen molar-refractivity contribution in [2.45, 2.75) is 120 Å². The first kappa shape index (κ1) is 28.3. The van der Waals surface area contributed by atoms with Crippen LogP contribution in [0.1, 0.15) is 120 Å². The van der Waals surface area contributed by atoms with Crippen molar-refractivity contribution in [3.8, 4) is 0 Å². The molecule has 0 N–H and O–H groups in total. The van der Waals surface area contributed by atoms with Crippen LogP contribution >= 0.6 is 0 Å². The number of allylic oxidation sites excluding steroid dienone is 8. The Morgan fingerprint density at radius 2 is 1.57 bits per heavy atom. The van der Waals surface area contributed by atoms with Crippen LogP contribution in [0.3, 0.4) is 0 Å². The zero-order valence-corrected chi connectivity index (χ0v) is 24.6. The zero-order chi connectivity index (χ0) is 26.0. The molecular weight excluding hydrogens is 420 g/mol. The van der Waals surface area contributed by atoms with Gasteiger partial charge in [0.05, 0.1) is 0 Å². The molecule has 0 heteroatoms. The third-order valence-corrected chi connectivity index (χ3v) is 10.6. The molecule has 5 rings (SSSR count). The molecule has 0 aromatic carbocycles. The van der Waals surface area contributed by atoms with Crippen molar-refractivity contribution in [3.05, 3.63) is 59.8 Å². The van der Waals surface area contributed by atoms with Gasteiger partial charge in [-0.05, 0) is 97.0 Å². The van der Waals surface area contributed by atoms with E-state index in [9.17, 15) is 0 Å². The van der Waals surface area contributed by atoms with Crippen LogP contribution in [0.4, 0.5) is 0 Å². The molecule has 0 amide bonds. The van der Waals surface area contributed by atoms with Crippen LogP contribution in [0.2, 0.25) is 0 Å². The maximum atomic E-state index is 4.21. The van der Waals surface area contributed by atoms with E-state index in [1.807, 2.05) is 25.5 Å². The second-order valence-electron chi connectivity index (χ2n) is 13.2. The van der Waals surface area contributed by atoms with Gasteiger partial charge in [0.25, 0.3) is 0 Å². The molecule has 0 radical (unpaired) electrons. The first-order valence-corrected chi connectivity index (χ1v) is 15.0. The van der Waals surface area contributed by atoms with Gasteiger partial charge in [0.1, 0.15) is 0 Å². The van der Waals surface area contributed by atoms with Gasteiger partial charge in [-0.2, -0.15) is 0 Å². The van der Waals surface area contributed by atoms with Crippen LogP contribution in [-0.2, 0) is 0 Å². The van der Waals surface area contributed by atoms with Crippen molar-refractivity contribution in [2.24, 2.45) is 39.9 Å². The lowest BCUT2D eigenvalue weighted by atomic mass is 9.45. The monoisotopic (exact) mass is 476 g/mol. The Morgan fingerprint density at radius 3 is 2.03 bits per heavy atom. The minimum atomic E-state index is 0.550. The van der Waals surface area contributed by atoms with Crippen molar-refractivity contribution in [2.75, 3.05) is 0 Å². The molecule has 5 aliphatic rings. The van der Waals surface area contributed by atoms with Crippen LogP contribution in [0.25, 0.3) is 0 Å². The Bertz CT molecular complexity index is 856. The summed E-state index contributed by atoms with van der Waals surface area (Å²) in [7, 11) is 0. The Kier molecular flexibility index (Phi) is 8.87. The van der Waals surface area contributed by atoms with E-state index < -0.39 is 0 Å². The molecule has 35 heavy (non-hydrogen) atoms. The van der Waals surface area contributed by atoms with Crippen molar-refractivity contribution >= 4 is 0 Å². The van der Waals surface area contributed by atoms with Gasteiger partial charge in [-0.15, -0.1) is 0 Å². The molecule has 0 nitrogen and oxygen atoms in total. The molecule has 0 aromatic rings. The lowest BCUT2D eigenvalue weighted by Crippen LogP contribution is -2.51. The Balaban J connectivity index is 0.000000183. The highest BCUT2D eigenvalue weighted by Gasteiger charge is 2.68. The van der Waals surface area contributed by atoms with E-state index in [1.54, 1.807) is 5.57 Å². The molecule has 2 atom stereocenters. The molecule has 0 heterocycles. The van der Waals surface area contributed by atoms with E-state index in [4.69, 9.17) is 0 Å². The Hall–Kier alpha value is -1.30. The summed E-state index contributed by atoms with van der Waals surface area (Å²) in [6.45, 7) is 26.5. The standard InChI is InChI=1S/C17H28.C16H22.C2H6/c1-6-13(16(5)9-12(2)10-16)14-11-15(3,4)17(14)7-8-17;1-4-8-15-11-16(13(3)12(15)2)14-9-6-5-7-10-14;1-2/h6,12,14H,7-11H2,1-5H3;4,8,11,13-14H,1-2,5-7,9-10H2,3H3;1-2H3/b;15-8-;/t12?,14-,16?;;/m1../s1. The maximum Gasteiger partial charge on any atom is 0.00259 e. The Labute approximate surface area is 219 Å². The highest BCUT2D eigenvalue weighted by molar-refractivity contribution is 5.52. The van der Waals surface area contributed by atoms with Crippen molar-refractivity contribution < 1.29 is 0 Å². The van der Waals surface area contributed by atoms with Gasteiger partial charge in [0, 0.05) is 5.92 Å². The minimum absolute atomic E-state index is 0.550. The van der Waals surface area contributed by atoms with Gasteiger partial charge in [0.15, 0.2) is 0 Å². The van der Waals surface area contributed by atoms with E-state index in [-0.39, 0.29) is 0 Å². The molecule has 0 aliphatic heterocycles. The lowest BCUT2D eigenvalue weighted by Gasteiger charge is -2.59. The van der Waals surface area contributed by atoms with E-state index in [0.29, 0.717) is 16.7 Å². The predicted molar refractivity (Wildman–Crippen MR) is 156 cm³/mol. The second-order valence-corrected chi connectivity index (χ2v) is 13.2. The minimum Gasteiger partial charge on any atom is -0.0990 e. The van der Waals surface area contributed by atoms with Gasteiger partial charge in [0.2, 0.25) is 0 Å². The molecule has 196 valence electrons. The molecule has 1 unspecified atom stereocenters. The number of hydrogen-bond donors (Lipinski definition) is 0. The fourth-order valence-electron chi connectivity index (χ4n) is 8.54. The molecule has 0 saturated heterocycles. The highest BCUT2D eigenvalue weighted by atomic mass is 14.7. The van der Waals surface area contributed by atoms with Crippen LogP contribution in [0, 0.1) is 39.9 Å². The van der Waals surface area contributed by atoms with Crippen LogP contribution in [0.5, 0.6) is 0 Å². The van der Waals surface area contributed by atoms with Gasteiger partial charge < -0.3 is 0 Å². The highest BCUT2D eigenvalue weighted by Crippen LogP contribution is 2.77. The molecule has 4 fully saturated rings. The van der Waals surface area contributed by atoms with E-state index in [1.165, 1.54) is 75.4 Å². The van der Waals surface area contributed by atoms with Crippen molar-refractivity contribution in [3.63, 3.8) is 0 Å². The van der Waals surface area contributed by atoms with Gasteiger partial charge in [-0.1, -0.05) is 116 Å². The summed E-state index contributed by atoms with van der Waals surface area (Å²) in [5.74, 6) is 3.25. The predicted octanol–water partition coefficient (Wildman–Crippen LogP) is 11.0. The van der Waals surface area contributed by atoms with Gasteiger partial charge >= 0.3 is 0 Å². The van der Waals surface area contributed by atoms with E-state index in [0.717, 1.165) is 23.2 Å². The SMILES string of the molecule is C=C/C=C1/C=C(C2CCCCC2)C(C)C1=C.CC.CC=C([C@H]1CC(C)(C)C12CC2)C1(C)CC(C)C1. The molecule has 5 aliphatic carbocycles. The van der Waals surface area contributed by atoms with Crippen molar-refractivity contribution in [1.82, 2.24) is 0 Å². The Morgan fingerprint density at radius 1 is 0.971 bits per heavy atom. The van der Waals surface area contributed by atoms with Crippen LogP contribution in [0.15, 0.2) is 59.8 Å². The summed E-state index contributed by atoms with van der Waals surface area (Å²) < 4.78 is 0. The molecule has 0 aromatic heterocycles. The third-order valence-electron chi connectivity index (χ3n) is 10.6. The van der Waals surface area contributed by atoms with Gasteiger partial charge in [-0.3, -0.25) is 0 Å². The summed E-state index contributed by atoms with van der Waals surface area (Å²) in [5, 5.41) is 0.